The number of nitrogens with one attached hydrogen (secondary N) is 2. The lowest BCUT2D eigenvalue weighted by molar-refractivity contribution is 0.155. The summed E-state index contributed by atoms with van der Waals surface area (Å²) in [5.41, 5.74) is 2.36. The van der Waals surface area contributed by atoms with Gasteiger partial charge in [-0.25, -0.2) is 0 Å². The molecule has 2 aliphatic rings. The Balaban J connectivity index is 1.20. The number of aromatic nitrogens is 1. The fourth-order valence-electron chi connectivity index (χ4n) is 4.63. The van der Waals surface area contributed by atoms with Crippen LogP contribution in [0.1, 0.15) is 56.2 Å². The molecule has 0 amide bonds. The van der Waals surface area contributed by atoms with Gasteiger partial charge in [-0.2, -0.15) is 0 Å². The number of hydrogen-bond donors (Lipinski definition) is 2. The van der Waals surface area contributed by atoms with Crippen LogP contribution < -0.4 is 15.4 Å². The summed E-state index contributed by atoms with van der Waals surface area (Å²) < 4.78 is 6.22. The van der Waals surface area contributed by atoms with E-state index in [4.69, 9.17) is 4.74 Å². The molecule has 0 bridgehead atoms. The SMILES string of the molecule is CN=C(NCc1cccc(OC2CCCCC2)c1)NC1CCN(Cc2ccccn2)CC1. The first-order valence-electron chi connectivity index (χ1n) is 12.1. The lowest BCUT2D eigenvalue weighted by Gasteiger charge is -2.32. The smallest absolute Gasteiger partial charge is 0.191 e. The highest BCUT2D eigenvalue weighted by molar-refractivity contribution is 5.79. The van der Waals surface area contributed by atoms with Gasteiger partial charge in [0.25, 0.3) is 0 Å². The number of pyridine rings is 1. The molecular formula is C26H37N5O. The Morgan fingerprint density at radius 3 is 2.66 bits per heavy atom. The van der Waals surface area contributed by atoms with Crippen LogP contribution in [-0.4, -0.2) is 48.1 Å². The van der Waals surface area contributed by atoms with Crippen LogP contribution in [0.5, 0.6) is 5.75 Å². The monoisotopic (exact) mass is 435 g/mol. The summed E-state index contributed by atoms with van der Waals surface area (Å²) in [5.74, 6) is 1.85. The van der Waals surface area contributed by atoms with Crippen LogP contribution in [0.4, 0.5) is 0 Å². The minimum atomic E-state index is 0.380. The molecule has 0 radical (unpaired) electrons. The first-order valence-corrected chi connectivity index (χ1v) is 12.1. The lowest BCUT2D eigenvalue weighted by Crippen LogP contribution is -2.48. The number of aliphatic imine (C=N–C) groups is 1. The van der Waals surface area contributed by atoms with Crippen LogP contribution in [0.15, 0.2) is 53.7 Å². The van der Waals surface area contributed by atoms with Gasteiger partial charge in [-0.15, -0.1) is 0 Å². The van der Waals surface area contributed by atoms with E-state index < -0.39 is 0 Å². The number of ether oxygens (including phenoxy) is 1. The number of nitrogens with zero attached hydrogens (tertiary/aromatic N) is 3. The second-order valence-corrected chi connectivity index (χ2v) is 8.97. The van der Waals surface area contributed by atoms with Crippen molar-refractivity contribution in [2.45, 2.75) is 70.2 Å². The third kappa shape index (κ3) is 6.95. The number of benzene rings is 1. The molecule has 1 aromatic carbocycles. The molecule has 4 rings (SSSR count). The summed E-state index contributed by atoms with van der Waals surface area (Å²) in [6, 6.07) is 15.0. The Labute approximate surface area is 192 Å². The van der Waals surface area contributed by atoms with Crippen molar-refractivity contribution in [1.29, 1.82) is 0 Å². The molecule has 2 aromatic rings. The molecule has 6 nitrogen and oxygen atoms in total. The Morgan fingerprint density at radius 2 is 1.91 bits per heavy atom. The molecule has 6 heteroatoms. The number of rotatable bonds is 7. The van der Waals surface area contributed by atoms with Gasteiger partial charge in [0.2, 0.25) is 0 Å². The third-order valence-corrected chi connectivity index (χ3v) is 6.48. The molecule has 1 aromatic heterocycles. The van der Waals surface area contributed by atoms with Gasteiger partial charge in [0.05, 0.1) is 11.8 Å². The van der Waals surface area contributed by atoms with Crippen LogP contribution in [-0.2, 0) is 13.1 Å². The Morgan fingerprint density at radius 1 is 1.06 bits per heavy atom. The van der Waals surface area contributed by atoms with E-state index in [0.717, 1.165) is 56.4 Å². The van der Waals surface area contributed by atoms with Gasteiger partial charge in [-0.3, -0.25) is 14.9 Å². The Bertz CT molecular complexity index is 842. The molecule has 2 fully saturated rings. The molecule has 1 saturated carbocycles. The topological polar surface area (TPSA) is 61.8 Å². The van der Waals surface area contributed by atoms with Crippen LogP contribution in [0, 0.1) is 0 Å². The van der Waals surface area contributed by atoms with Gasteiger partial charge >= 0.3 is 0 Å². The maximum atomic E-state index is 6.22. The second kappa shape index (κ2) is 11.9. The van der Waals surface area contributed by atoms with E-state index in [9.17, 15) is 0 Å². The van der Waals surface area contributed by atoms with Gasteiger partial charge in [0, 0.05) is 45.5 Å². The van der Waals surface area contributed by atoms with E-state index >= 15 is 0 Å². The summed E-state index contributed by atoms with van der Waals surface area (Å²) in [6.07, 6.45) is 10.8. The number of piperidine rings is 1. The molecule has 2 heterocycles. The number of guanidine groups is 1. The molecule has 1 aliphatic carbocycles. The Kier molecular flexibility index (Phi) is 8.37. The average molecular weight is 436 g/mol. The summed E-state index contributed by atoms with van der Waals surface area (Å²) in [4.78, 5) is 11.4. The fourth-order valence-corrected chi connectivity index (χ4v) is 4.63. The van der Waals surface area contributed by atoms with Crippen molar-refractivity contribution < 1.29 is 4.74 Å². The van der Waals surface area contributed by atoms with Crippen LogP contribution in [0.25, 0.3) is 0 Å². The van der Waals surface area contributed by atoms with Crippen LogP contribution >= 0.6 is 0 Å². The van der Waals surface area contributed by atoms with E-state index in [1.807, 2.05) is 19.3 Å². The lowest BCUT2D eigenvalue weighted by atomic mass is 9.98. The van der Waals surface area contributed by atoms with Crippen molar-refractivity contribution in [3.63, 3.8) is 0 Å². The number of likely N-dealkylation sites (tertiary alicyclic amines) is 1. The molecule has 1 saturated heterocycles. The first kappa shape index (κ1) is 22.6. The maximum Gasteiger partial charge on any atom is 0.191 e. The largest absolute Gasteiger partial charge is 0.490 e. The predicted octanol–water partition coefficient (Wildman–Crippen LogP) is 4.12. The van der Waals surface area contributed by atoms with Crippen LogP contribution in [0.3, 0.4) is 0 Å². The van der Waals surface area contributed by atoms with Gasteiger partial charge < -0.3 is 15.4 Å². The molecule has 172 valence electrons. The van der Waals surface area contributed by atoms with Crippen LogP contribution in [0.2, 0.25) is 0 Å². The van der Waals surface area contributed by atoms with Gasteiger partial charge in [-0.05, 0) is 68.4 Å². The second-order valence-electron chi connectivity index (χ2n) is 8.97. The predicted molar refractivity (Wildman–Crippen MR) is 130 cm³/mol. The highest BCUT2D eigenvalue weighted by atomic mass is 16.5. The van der Waals surface area contributed by atoms with Crippen molar-refractivity contribution >= 4 is 5.96 Å². The van der Waals surface area contributed by atoms with Crippen molar-refractivity contribution in [3.8, 4) is 5.75 Å². The zero-order chi connectivity index (χ0) is 22.0. The maximum absolute atomic E-state index is 6.22. The van der Waals surface area contributed by atoms with E-state index in [1.54, 1.807) is 0 Å². The van der Waals surface area contributed by atoms with E-state index in [1.165, 1.54) is 37.7 Å². The van der Waals surface area contributed by atoms with Crippen molar-refractivity contribution in [2.24, 2.45) is 4.99 Å². The molecule has 0 unspecified atom stereocenters. The van der Waals surface area contributed by atoms with Crippen molar-refractivity contribution in [3.05, 3.63) is 59.9 Å². The summed E-state index contributed by atoms with van der Waals surface area (Å²) in [5, 5.41) is 7.08. The quantitative estimate of drug-likeness (QED) is 0.506. The molecule has 2 N–H and O–H groups in total. The molecule has 0 atom stereocenters. The summed E-state index contributed by atoms with van der Waals surface area (Å²) in [7, 11) is 1.84. The first-order chi connectivity index (χ1) is 15.8. The van der Waals surface area contributed by atoms with Gasteiger partial charge in [-0.1, -0.05) is 24.6 Å². The van der Waals surface area contributed by atoms with Gasteiger partial charge in [0.1, 0.15) is 5.75 Å². The van der Waals surface area contributed by atoms with E-state index in [-0.39, 0.29) is 0 Å². The average Bonchev–Trinajstić information content (AvgIpc) is 2.84. The molecule has 1 aliphatic heterocycles. The highest BCUT2D eigenvalue weighted by Crippen LogP contribution is 2.24. The number of hydrogen-bond acceptors (Lipinski definition) is 4. The standard InChI is InChI=1S/C26H37N5O/c1-27-26(30-22-13-16-31(17-14-22)20-23-9-5-6-15-28-23)29-19-21-8-7-12-25(18-21)32-24-10-3-2-4-11-24/h5-9,12,15,18,22,24H,2-4,10-11,13-14,16-17,19-20H2,1H3,(H2,27,29,30). The summed E-state index contributed by atoms with van der Waals surface area (Å²) >= 11 is 0. The van der Waals surface area contributed by atoms with E-state index in [0.29, 0.717) is 12.1 Å². The van der Waals surface area contributed by atoms with Crippen molar-refractivity contribution in [2.75, 3.05) is 20.1 Å². The minimum Gasteiger partial charge on any atom is -0.490 e. The third-order valence-electron chi connectivity index (χ3n) is 6.48. The zero-order valence-electron chi connectivity index (χ0n) is 19.3. The normalized spacial score (nSPS) is 19.0. The molecular weight excluding hydrogens is 398 g/mol. The summed E-state index contributed by atoms with van der Waals surface area (Å²) in [6.45, 7) is 3.82. The zero-order valence-corrected chi connectivity index (χ0v) is 19.3. The molecule has 0 spiro atoms. The van der Waals surface area contributed by atoms with E-state index in [2.05, 4.69) is 61.9 Å². The van der Waals surface area contributed by atoms with Gasteiger partial charge in [0.15, 0.2) is 5.96 Å². The minimum absolute atomic E-state index is 0.380. The Hall–Kier alpha value is -2.60. The molecule has 32 heavy (non-hydrogen) atoms. The fraction of sp³-hybridized carbons (Fsp3) is 0.538. The van der Waals surface area contributed by atoms with Crippen molar-refractivity contribution in [1.82, 2.24) is 20.5 Å². The highest BCUT2D eigenvalue weighted by Gasteiger charge is 2.20.